The van der Waals surface area contributed by atoms with Crippen LogP contribution in [0.1, 0.15) is 12.5 Å². The lowest BCUT2D eigenvalue weighted by Gasteiger charge is -2.21. The summed E-state index contributed by atoms with van der Waals surface area (Å²) in [4.78, 5) is 12.9. The second kappa shape index (κ2) is 7.76. The fraction of sp³-hybridized carbons (Fsp3) is 0.500. The van der Waals surface area contributed by atoms with Crippen molar-refractivity contribution in [3.8, 4) is 5.75 Å². The van der Waals surface area contributed by atoms with Gasteiger partial charge in [-0.05, 0) is 31.7 Å². The second-order valence-corrected chi connectivity index (χ2v) is 4.33. The van der Waals surface area contributed by atoms with Crippen LogP contribution in [0.5, 0.6) is 5.75 Å². The first kappa shape index (κ1) is 15.5. The number of carboxylic acid groups (broad SMARTS) is 1. The minimum Gasteiger partial charge on any atom is -0.497 e. The number of benzene rings is 1. The van der Waals surface area contributed by atoms with Crippen molar-refractivity contribution < 1.29 is 19.4 Å². The average Bonchev–Trinajstić information content (AvgIpc) is 2.39. The summed E-state index contributed by atoms with van der Waals surface area (Å²) in [6, 6.07) is 7.71. The van der Waals surface area contributed by atoms with Crippen LogP contribution >= 0.6 is 0 Å². The number of carboxylic acids is 1. The Bertz CT molecular complexity index is 391. The predicted octanol–water partition coefficient (Wildman–Crippen LogP) is 1.62. The monoisotopic (exact) mass is 267 g/mol. The maximum Gasteiger partial charge on any atom is 0.334 e. The lowest BCUT2D eigenvalue weighted by atomic mass is 10.2. The van der Waals surface area contributed by atoms with E-state index in [0.717, 1.165) is 11.3 Å². The van der Waals surface area contributed by atoms with Gasteiger partial charge in [0.15, 0.2) is 6.10 Å². The van der Waals surface area contributed by atoms with Crippen molar-refractivity contribution in [3.63, 3.8) is 0 Å². The summed E-state index contributed by atoms with van der Waals surface area (Å²) in [5.41, 5.74) is 1.10. The summed E-state index contributed by atoms with van der Waals surface area (Å²) in [5, 5.41) is 9.02. The van der Waals surface area contributed by atoms with Crippen molar-refractivity contribution in [3.05, 3.63) is 29.8 Å². The molecule has 0 aliphatic carbocycles. The summed E-state index contributed by atoms with van der Waals surface area (Å²) < 4.78 is 10.3. The number of aliphatic carboxylic acids is 1. The van der Waals surface area contributed by atoms with Gasteiger partial charge in [0, 0.05) is 19.7 Å². The van der Waals surface area contributed by atoms with Gasteiger partial charge in [-0.15, -0.1) is 0 Å². The minimum absolute atomic E-state index is 0.356. The van der Waals surface area contributed by atoms with Gasteiger partial charge in [0.1, 0.15) is 5.75 Å². The molecule has 0 bridgehead atoms. The Morgan fingerprint density at radius 1 is 1.37 bits per heavy atom. The highest BCUT2D eigenvalue weighted by molar-refractivity contribution is 5.72. The van der Waals surface area contributed by atoms with Crippen molar-refractivity contribution in [1.82, 2.24) is 4.90 Å². The Morgan fingerprint density at radius 3 is 2.47 bits per heavy atom. The number of hydrogen-bond acceptors (Lipinski definition) is 4. The van der Waals surface area contributed by atoms with Gasteiger partial charge in [0.25, 0.3) is 0 Å². The van der Waals surface area contributed by atoms with E-state index in [1.165, 1.54) is 0 Å². The van der Waals surface area contributed by atoms with E-state index in [0.29, 0.717) is 19.7 Å². The fourth-order valence-corrected chi connectivity index (χ4v) is 1.79. The number of likely N-dealkylation sites (N-methyl/N-ethyl adjacent to an activating group) is 1. The van der Waals surface area contributed by atoms with Crippen LogP contribution in [0, 0.1) is 0 Å². The molecular formula is C14H21NO4. The van der Waals surface area contributed by atoms with Crippen molar-refractivity contribution in [2.45, 2.75) is 19.6 Å². The van der Waals surface area contributed by atoms with E-state index < -0.39 is 12.1 Å². The van der Waals surface area contributed by atoms with Gasteiger partial charge < -0.3 is 14.6 Å². The van der Waals surface area contributed by atoms with Gasteiger partial charge >= 0.3 is 5.97 Å². The topological polar surface area (TPSA) is 59.0 Å². The highest BCUT2D eigenvalue weighted by atomic mass is 16.5. The molecule has 1 rings (SSSR count). The largest absolute Gasteiger partial charge is 0.497 e. The van der Waals surface area contributed by atoms with Crippen LogP contribution in [0.25, 0.3) is 0 Å². The molecule has 1 aromatic rings. The SMILES string of the molecule is CCOC(CN(C)Cc1ccc(OC)cc1)C(=O)O. The van der Waals surface area contributed by atoms with Crippen LogP contribution in [0.2, 0.25) is 0 Å². The maximum atomic E-state index is 11.0. The molecule has 1 unspecified atom stereocenters. The van der Waals surface area contributed by atoms with Crippen molar-refractivity contribution in [2.75, 3.05) is 27.3 Å². The molecule has 0 fully saturated rings. The van der Waals surface area contributed by atoms with Gasteiger partial charge in [0.05, 0.1) is 7.11 Å². The normalized spacial score (nSPS) is 12.4. The van der Waals surface area contributed by atoms with Crippen LogP contribution in [-0.2, 0) is 16.1 Å². The van der Waals surface area contributed by atoms with E-state index in [-0.39, 0.29) is 0 Å². The Labute approximate surface area is 113 Å². The number of hydrogen-bond donors (Lipinski definition) is 1. The average molecular weight is 267 g/mol. The molecule has 0 radical (unpaired) electrons. The molecule has 0 saturated heterocycles. The van der Waals surface area contributed by atoms with Gasteiger partial charge in [-0.25, -0.2) is 4.79 Å². The van der Waals surface area contributed by atoms with Gasteiger partial charge in [-0.1, -0.05) is 12.1 Å². The number of methoxy groups -OCH3 is 1. The van der Waals surface area contributed by atoms with Gasteiger partial charge in [-0.2, -0.15) is 0 Å². The minimum atomic E-state index is -0.927. The molecule has 19 heavy (non-hydrogen) atoms. The van der Waals surface area contributed by atoms with Crippen LogP contribution < -0.4 is 4.74 Å². The van der Waals surface area contributed by atoms with E-state index >= 15 is 0 Å². The van der Waals surface area contributed by atoms with E-state index in [9.17, 15) is 4.79 Å². The summed E-state index contributed by atoms with van der Waals surface area (Å²) in [6.07, 6.45) is -0.784. The summed E-state index contributed by atoms with van der Waals surface area (Å²) in [6.45, 7) is 3.21. The molecule has 0 heterocycles. The first-order chi connectivity index (χ1) is 9.06. The highest BCUT2D eigenvalue weighted by Gasteiger charge is 2.19. The van der Waals surface area contributed by atoms with E-state index in [1.807, 2.05) is 36.2 Å². The fourth-order valence-electron chi connectivity index (χ4n) is 1.79. The molecule has 5 heteroatoms. The number of carbonyl (C=O) groups is 1. The molecule has 0 aromatic heterocycles. The maximum absolute atomic E-state index is 11.0. The predicted molar refractivity (Wildman–Crippen MR) is 72.4 cm³/mol. The smallest absolute Gasteiger partial charge is 0.334 e. The Hall–Kier alpha value is -1.59. The summed E-state index contributed by atoms with van der Waals surface area (Å²) >= 11 is 0. The zero-order chi connectivity index (χ0) is 14.3. The van der Waals surface area contributed by atoms with Gasteiger partial charge in [-0.3, -0.25) is 4.90 Å². The third-order valence-electron chi connectivity index (χ3n) is 2.73. The van der Waals surface area contributed by atoms with E-state index in [2.05, 4.69) is 0 Å². The first-order valence-electron chi connectivity index (χ1n) is 6.22. The zero-order valence-electron chi connectivity index (χ0n) is 11.6. The third-order valence-corrected chi connectivity index (χ3v) is 2.73. The van der Waals surface area contributed by atoms with Crippen LogP contribution in [-0.4, -0.2) is 49.4 Å². The van der Waals surface area contributed by atoms with Gasteiger partial charge in [0.2, 0.25) is 0 Å². The Kier molecular flexibility index (Phi) is 6.32. The lowest BCUT2D eigenvalue weighted by Crippen LogP contribution is -2.36. The molecule has 106 valence electrons. The van der Waals surface area contributed by atoms with Crippen LogP contribution in [0.3, 0.4) is 0 Å². The molecule has 1 N–H and O–H groups in total. The first-order valence-corrected chi connectivity index (χ1v) is 6.22. The number of rotatable bonds is 8. The van der Waals surface area contributed by atoms with E-state index in [1.54, 1.807) is 14.0 Å². The van der Waals surface area contributed by atoms with E-state index in [4.69, 9.17) is 14.6 Å². The Balaban J connectivity index is 2.52. The van der Waals surface area contributed by atoms with Crippen LogP contribution in [0.15, 0.2) is 24.3 Å². The molecule has 1 atom stereocenters. The molecule has 0 aliphatic rings. The highest BCUT2D eigenvalue weighted by Crippen LogP contribution is 2.12. The molecule has 5 nitrogen and oxygen atoms in total. The standard InChI is InChI=1S/C14H21NO4/c1-4-19-13(14(16)17)10-15(2)9-11-5-7-12(18-3)8-6-11/h5-8,13H,4,9-10H2,1-3H3,(H,16,17). The Morgan fingerprint density at radius 2 is 2.00 bits per heavy atom. The number of ether oxygens (including phenoxy) is 2. The quantitative estimate of drug-likeness (QED) is 0.775. The third kappa shape index (κ3) is 5.28. The zero-order valence-corrected chi connectivity index (χ0v) is 11.6. The van der Waals surface area contributed by atoms with Crippen molar-refractivity contribution in [2.24, 2.45) is 0 Å². The summed E-state index contributed by atoms with van der Waals surface area (Å²) in [7, 11) is 3.50. The number of nitrogens with zero attached hydrogens (tertiary/aromatic N) is 1. The molecular weight excluding hydrogens is 246 g/mol. The van der Waals surface area contributed by atoms with Crippen LogP contribution in [0.4, 0.5) is 0 Å². The molecule has 1 aromatic carbocycles. The molecule has 0 aliphatic heterocycles. The van der Waals surface area contributed by atoms with Crippen molar-refractivity contribution >= 4 is 5.97 Å². The molecule has 0 spiro atoms. The second-order valence-electron chi connectivity index (χ2n) is 4.33. The molecule has 0 amide bonds. The summed E-state index contributed by atoms with van der Waals surface area (Å²) in [5.74, 6) is -0.118. The lowest BCUT2D eigenvalue weighted by molar-refractivity contribution is -0.151. The molecule has 0 saturated carbocycles. The van der Waals surface area contributed by atoms with Crippen molar-refractivity contribution in [1.29, 1.82) is 0 Å².